The molecule has 0 saturated carbocycles. The molecule has 0 unspecified atom stereocenters. The van der Waals surface area contributed by atoms with E-state index in [-0.39, 0.29) is 24.0 Å². The summed E-state index contributed by atoms with van der Waals surface area (Å²) in [6, 6.07) is 5.49. The Balaban J connectivity index is 1.79. The molecule has 3 amide bonds. The van der Waals surface area contributed by atoms with E-state index >= 15 is 0 Å². The fourth-order valence-corrected chi connectivity index (χ4v) is 2.01. The third-order valence-corrected chi connectivity index (χ3v) is 3.16. The smallest absolute Gasteiger partial charge is 0.314 e. The van der Waals surface area contributed by atoms with Crippen LogP contribution in [0, 0.1) is 5.41 Å². The summed E-state index contributed by atoms with van der Waals surface area (Å²) in [6.07, 6.45) is 0.687. The first-order valence-corrected chi connectivity index (χ1v) is 7.41. The molecule has 1 aliphatic heterocycles. The van der Waals surface area contributed by atoms with Crippen molar-refractivity contribution in [2.24, 2.45) is 5.41 Å². The lowest BCUT2D eigenvalue weighted by atomic mass is 9.97. The number of rotatable bonds is 4. The third-order valence-electron chi connectivity index (χ3n) is 3.16. The molecule has 120 valence electrons. The highest BCUT2D eigenvalue weighted by molar-refractivity contribution is 5.95. The van der Waals surface area contributed by atoms with Crippen LogP contribution in [0.4, 0.5) is 10.5 Å². The normalized spacial score (nSPS) is 13.7. The Bertz CT molecular complexity index is 564. The summed E-state index contributed by atoms with van der Waals surface area (Å²) in [7, 11) is 0. The van der Waals surface area contributed by atoms with Crippen LogP contribution in [0.5, 0.6) is 5.75 Å². The molecule has 0 aliphatic carbocycles. The lowest BCUT2D eigenvalue weighted by Gasteiger charge is -2.19. The summed E-state index contributed by atoms with van der Waals surface area (Å²) in [5.41, 5.74) is 1.78. The van der Waals surface area contributed by atoms with E-state index in [1.54, 1.807) is 0 Å². The Morgan fingerprint density at radius 1 is 1.32 bits per heavy atom. The van der Waals surface area contributed by atoms with Crippen LogP contribution in [0.3, 0.4) is 0 Å². The van der Waals surface area contributed by atoms with Crippen LogP contribution < -0.4 is 20.7 Å². The summed E-state index contributed by atoms with van der Waals surface area (Å²) in [4.78, 5) is 22.9. The van der Waals surface area contributed by atoms with Crippen LogP contribution in [0.15, 0.2) is 18.2 Å². The lowest BCUT2D eigenvalue weighted by molar-refractivity contribution is -0.118. The molecule has 3 N–H and O–H groups in total. The minimum atomic E-state index is -0.162. The predicted molar refractivity (Wildman–Crippen MR) is 85.1 cm³/mol. The van der Waals surface area contributed by atoms with Gasteiger partial charge in [-0.25, -0.2) is 4.79 Å². The zero-order valence-electron chi connectivity index (χ0n) is 13.3. The number of nitrogens with one attached hydrogen (secondary N) is 3. The van der Waals surface area contributed by atoms with Gasteiger partial charge >= 0.3 is 6.03 Å². The summed E-state index contributed by atoms with van der Waals surface area (Å²) < 4.78 is 5.31. The summed E-state index contributed by atoms with van der Waals surface area (Å²) in [5.74, 6) is 0.531. The molecule has 0 aromatic heterocycles. The number of ether oxygens (including phenoxy) is 1. The first kappa shape index (κ1) is 16.1. The average Bonchev–Trinajstić information content (AvgIpc) is 2.44. The van der Waals surface area contributed by atoms with Crippen LogP contribution in [0.25, 0.3) is 0 Å². The van der Waals surface area contributed by atoms with Gasteiger partial charge in [0.05, 0.1) is 5.69 Å². The summed E-state index contributed by atoms with van der Waals surface area (Å²) in [6.45, 7) is 7.41. The molecule has 1 aromatic rings. The van der Waals surface area contributed by atoms with Crippen molar-refractivity contribution in [3.05, 3.63) is 23.8 Å². The second kappa shape index (κ2) is 6.68. The van der Waals surface area contributed by atoms with Gasteiger partial charge < -0.3 is 20.7 Å². The molecule has 22 heavy (non-hydrogen) atoms. The maximum atomic E-state index is 11.7. The Labute approximate surface area is 130 Å². The number of hydrogen-bond donors (Lipinski definition) is 3. The fourth-order valence-electron chi connectivity index (χ4n) is 2.01. The van der Waals surface area contributed by atoms with Crippen molar-refractivity contribution in [1.82, 2.24) is 10.6 Å². The van der Waals surface area contributed by atoms with Crippen molar-refractivity contribution < 1.29 is 14.3 Å². The van der Waals surface area contributed by atoms with E-state index in [1.165, 1.54) is 0 Å². The Kier molecular flexibility index (Phi) is 4.90. The van der Waals surface area contributed by atoms with Crippen molar-refractivity contribution in [2.45, 2.75) is 27.2 Å². The molecule has 1 heterocycles. The van der Waals surface area contributed by atoms with Gasteiger partial charge in [-0.3, -0.25) is 4.79 Å². The largest absolute Gasteiger partial charge is 0.482 e. The van der Waals surface area contributed by atoms with E-state index in [9.17, 15) is 9.59 Å². The quantitative estimate of drug-likeness (QED) is 0.795. The van der Waals surface area contributed by atoms with Crippen LogP contribution in [0.2, 0.25) is 0 Å². The topological polar surface area (TPSA) is 79.5 Å². The molecular weight excluding hydrogens is 282 g/mol. The van der Waals surface area contributed by atoms with Crippen molar-refractivity contribution >= 4 is 17.6 Å². The second-order valence-corrected chi connectivity index (χ2v) is 6.59. The Morgan fingerprint density at radius 3 is 2.82 bits per heavy atom. The third kappa shape index (κ3) is 4.95. The highest BCUT2D eigenvalue weighted by atomic mass is 16.5. The molecule has 6 nitrogen and oxygen atoms in total. The molecule has 0 spiro atoms. The maximum Gasteiger partial charge on any atom is 0.314 e. The molecule has 6 heteroatoms. The number of fused-ring (bicyclic) bond motifs is 1. The monoisotopic (exact) mass is 305 g/mol. The van der Waals surface area contributed by atoms with E-state index in [2.05, 4.69) is 36.7 Å². The molecule has 0 bridgehead atoms. The van der Waals surface area contributed by atoms with E-state index in [0.717, 1.165) is 5.56 Å². The molecule has 2 rings (SSSR count). The highest BCUT2D eigenvalue weighted by Gasteiger charge is 2.16. The summed E-state index contributed by atoms with van der Waals surface area (Å²) in [5, 5.41) is 8.43. The minimum Gasteiger partial charge on any atom is -0.482 e. The average molecular weight is 305 g/mol. The molecule has 0 radical (unpaired) electrons. The van der Waals surface area contributed by atoms with Gasteiger partial charge in [-0.15, -0.1) is 0 Å². The van der Waals surface area contributed by atoms with Gasteiger partial charge in [-0.05, 0) is 29.5 Å². The van der Waals surface area contributed by atoms with E-state index in [0.29, 0.717) is 30.9 Å². The van der Waals surface area contributed by atoms with Crippen molar-refractivity contribution in [3.63, 3.8) is 0 Å². The molecule has 0 fully saturated rings. The van der Waals surface area contributed by atoms with Gasteiger partial charge in [0, 0.05) is 13.1 Å². The predicted octanol–water partition coefficient (Wildman–Crippen LogP) is 1.91. The first-order valence-electron chi connectivity index (χ1n) is 7.41. The summed E-state index contributed by atoms with van der Waals surface area (Å²) >= 11 is 0. The number of amides is 3. The van der Waals surface area contributed by atoms with Gasteiger partial charge in [0.2, 0.25) is 0 Å². The number of carbonyl (C=O) groups is 2. The van der Waals surface area contributed by atoms with E-state index < -0.39 is 0 Å². The number of carbonyl (C=O) groups excluding carboxylic acids is 2. The molecule has 0 saturated heterocycles. The maximum absolute atomic E-state index is 11.7. The molecule has 0 atom stereocenters. The minimum absolute atomic E-state index is 0.0574. The molecule has 1 aliphatic rings. The number of hydrogen-bond acceptors (Lipinski definition) is 3. The van der Waals surface area contributed by atoms with Gasteiger partial charge in [-0.1, -0.05) is 26.8 Å². The van der Waals surface area contributed by atoms with E-state index in [4.69, 9.17) is 4.74 Å². The molecular formula is C16H23N3O3. The number of anilines is 1. The number of urea groups is 1. The van der Waals surface area contributed by atoms with Gasteiger partial charge in [0.15, 0.2) is 6.61 Å². The Hall–Kier alpha value is -2.24. The van der Waals surface area contributed by atoms with Gasteiger partial charge in [0.25, 0.3) is 5.91 Å². The van der Waals surface area contributed by atoms with Crippen LogP contribution in [-0.4, -0.2) is 31.6 Å². The zero-order chi connectivity index (χ0) is 16.2. The van der Waals surface area contributed by atoms with Gasteiger partial charge in [0.1, 0.15) is 5.75 Å². The highest BCUT2D eigenvalue weighted by Crippen LogP contribution is 2.28. The van der Waals surface area contributed by atoms with Crippen LogP contribution in [-0.2, 0) is 11.2 Å². The second-order valence-electron chi connectivity index (χ2n) is 6.59. The first-order chi connectivity index (χ1) is 10.3. The van der Waals surface area contributed by atoms with Crippen LogP contribution in [0.1, 0.15) is 26.3 Å². The lowest BCUT2D eigenvalue weighted by Crippen LogP contribution is -2.40. The zero-order valence-corrected chi connectivity index (χ0v) is 13.3. The van der Waals surface area contributed by atoms with Crippen molar-refractivity contribution in [1.29, 1.82) is 0 Å². The fraction of sp³-hybridized carbons (Fsp3) is 0.500. The van der Waals surface area contributed by atoms with Crippen LogP contribution >= 0.6 is 0 Å². The van der Waals surface area contributed by atoms with Crippen molar-refractivity contribution in [3.8, 4) is 5.75 Å². The Morgan fingerprint density at radius 2 is 2.09 bits per heavy atom. The van der Waals surface area contributed by atoms with Crippen molar-refractivity contribution in [2.75, 3.05) is 25.0 Å². The standard InChI is InChI=1S/C16H23N3O3/c1-16(2,3)10-18-15(21)17-7-6-11-4-5-13-12(8-11)19-14(20)9-22-13/h4-5,8H,6-7,9-10H2,1-3H3,(H,19,20)(H2,17,18,21). The number of benzene rings is 1. The van der Waals surface area contributed by atoms with Gasteiger partial charge in [-0.2, -0.15) is 0 Å². The van der Waals surface area contributed by atoms with E-state index in [1.807, 2.05) is 18.2 Å². The SMILES string of the molecule is CC(C)(C)CNC(=O)NCCc1ccc2c(c1)NC(=O)CO2. The molecule has 1 aromatic carbocycles.